The highest BCUT2D eigenvalue weighted by molar-refractivity contribution is 7.80. The van der Waals surface area contributed by atoms with Gasteiger partial charge >= 0.3 is 6.01 Å². The smallest absolute Gasteiger partial charge is 0.302 e. The molecule has 8 heteroatoms. The average molecular weight is 380 g/mol. The molecule has 0 unspecified atom stereocenters. The zero-order valence-corrected chi connectivity index (χ0v) is 15.2. The van der Waals surface area contributed by atoms with Crippen LogP contribution in [0.2, 0.25) is 0 Å². The van der Waals surface area contributed by atoms with Crippen molar-refractivity contribution in [3.8, 4) is 0 Å². The van der Waals surface area contributed by atoms with Crippen molar-refractivity contribution in [2.24, 2.45) is 0 Å². The lowest BCUT2D eigenvalue weighted by atomic mass is 10.2. The van der Waals surface area contributed by atoms with Gasteiger partial charge in [0.25, 0.3) is 0 Å². The molecule has 27 heavy (non-hydrogen) atoms. The molecule has 0 spiro atoms. The van der Waals surface area contributed by atoms with Crippen LogP contribution in [-0.2, 0) is 9.59 Å². The number of hydrogen-bond acceptors (Lipinski definition) is 5. The zero-order valence-electron chi connectivity index (χ0n) is 14.4. The Hall–Kier alpha value is -3.52. The second-order valence-electron chi connectivity index (χ2n) is 5.57. The number of amides is 2. The van der Waals surface area contributed by atoms with Crippen molar-refractivity contribution in [2.45, 2.75) is 6.92 Å². The van der Waals surface area contributed by atoms with E-state index in [4.69, 9.17) is 16.6 Å². The number of nitrogens with zero attached hydrogens (tertiary/aromatic N) is 1. The second kappa shape index (κ2) is 8.24. The first kappa shape index (κ1) is 18.3. The van der Waals surface area contributed by atoms with E-state index in [-0.39, 0.29) is 22.9 Å². The van der Waals surface area contributed by atoms with Crippen molar-refractivity contribution in [2.75, 3.05) is 10.6 Å². The molecule has 0 aliphatic rings. The highest BCUT2D eigenvalue weighted by Crippen LogP contribution is 2.22. The predicted octanol–water partition coefficient (Wildman–Crippen LogP) is 3.31. The predicted molar refractivity (Wildman–Crippen MR) is 108 cm³/mol. The van der Waals surface area contributed by atoms with Gasteiger partial charge in [-0.25, -0.2) is 0 Å². The summed E-state index contributed by atoms with van der Waals surface area (Å²) in [4.78, 5) is 27.3. The summed E-state index contributed by atoms with van der Waals surface area (Å²) < 4.78 is 5.54. The number of anilines is 2. The molecule has 7 nitrogen and oxygen atoms in total. The highest BCUT2D eigenvalue weighted by atomic mass is 32.1. The summed E-state index contributed by atoms with van der Waals surface area (Å²) in [6.45, 7) is 1.42. The quantitative estimate of drug-likeness (QED) is 0.475. The fourth-order valence-electron chi connectivity index (χ4n) is 2.28. The minimum atomic E-state index is -0.375. The molecule has 2 amide bonds. The van der Waals surface area contributed by atoms with Crippen LogP contribution in [0.4, 0.5) is 11.7 Å². The Kier molecular flexibility index (Phi) is 5.58. The number of aromatic nitrogens is 1. The third kappa shape index (κ3) is 5.23. The first-order valence-electron chi connectivity index (χ1n) is 8.03. The molecule has 0 saturated heterocycles. The molecular formula is C19H16N4O3S. The molecule has 3 N–H and O–H groups in total. The molecule has 2 aromatic carbocycles. The maximum absolute atomic E-state index is 11.9. The minimum Gasteiger partial charge on any atom is -0.423 e. The molecule has 3 rings (SSSR count). The Morgan fingerprint density at radius 3 is 2.63 bits per heavy atom. The van der Waals surface area contributed by atoms with E-state index in [0.29, 0.717) is 16.8 Å². The molecule has 136 valence electrons. The Bertz CT molecular complexity index is 1030. The largest absolute Gasteiger partial charge is 0.423 e. The fraction of sp³-hybridized carbons (Fsp3) is 0.0526. The minimum absolute atomic E-state index is 0.0614. The average Bonchev–Trinajstić information content (AvgIpc) is 3.01. The van der Waals surface area contributed by atoms with Gasteiger partial charge < -0.3 is 9.73 Å². The van der Waals surface area contributed by atoms with Gasteiger partial charge in [0.05, 0.1) is 0 Å². The number of rotatable bonds is 4. The van der Waals surface area contributed by atoms with Gasteiger partial charge in [0.2, 0.25) is 11.8 Å². The summed E-state index contributed by atoms with van der Waals surface area (Å²) in [6, 6.07) is 14.6. The van der Waals surface area contributed by atoms with Gasteiger partial charge in [-0.05, 0) is 36.0 Å². The normalized spacial score (nSPS) is 10.7. The van der Waals surface area contributed by atoms with E-state index in [9.17, 15) is 9.59 Å². The van der Waals surface area contributed by atoms with E-state index in [1.54, 1.807) is 24.3 Å². The summed E-state index contributed by atoms with van der Waals surface area (Å²) in [5.41, 5.74) is 2.56. The topological polar surface area (TPSA) is 96.3 Å². The lowest BCUT2D eigenvalue weighted by Gasteiger charge is -2.03. The Labute approximate surface area is 160 Å². The third-order valence-corrected chi connectivity index (χ3v) is 3.60. The van der Waals surface area contributed by atoms with Crippen molar-refractivity contribution in [1.29, 1.82) is 0 Å². The van der Waals surface area contributed by atoms with Gasteiger partial charge in [-0.15, -0.1) is 0 Å². The highest BCUT2D eigenvalue weighted by Gasteiger charge is 2.09. The van der Waals surface area contributed by atoms with Crippen LogP contribution in [0.3, 0.4) is 0 Å². The number of thiocarbonyl (C=S) groups is 1. The monoisotopic (exact) mass is 380 g/mol. The molecule has 1 heterocycles. The zero-order chi connectivity index (χ0) is 19.2. The summed E-state index contributed by atoms with van der Waals surface area (Å²) in [6.07, 6.45) is 3.07. The summed E-state index contributed by atoms with van der Waals surface area (Å²) in [5.74, 6) is -0.555. The van der Waals surface area contributed by atoms with Crippen LogP contribution in [-0.4, -0.2) is 21.9 Å². The van der Waals surface area contributed by atoms with Crippen LogP contribution in [0.1, 0.15) is 12.5 Å². The number of fused-ring (bicyclic) bond motifs is 1. The number of carbonyl (C=O) groups excluding carboxylic acids is 2. The first-order chi connectivity index (χ1) is 13.0. The Balaban J connectivity index is 1.61. The van der Waals surface area contributed by atoms with Crippen LogP contribution in [0.25, 0.3) is 17.2 Å². The summed E-state index contributed by atoms with van der Waals surface area (Å²) >= 11 is 5.10. The fourth-order valence-corrected chi connectivity index (χ4v) is 2.47. The first-order valence-corrected chi connectivity index (χ1v) is 8.44. The number of benzene rings is 2. The van der Waals surface area contributed by atoms with Crippen LogP contribution in [0.15, 0.2) is 59.0 Å². The van der Waals surface area contributed by atoms with E-state index in [2.05, 4.69) is 20.9 Å². The van der Waals surface area contributed by atoms with E-state index in [0.717, 1.165) is 5.56 Å². The molecule has 0 aliphatic heterocycles. The van der Waals surface area contributed by atoms with Crippen molar-refractivity contribution in [3.63, 3.8) is 0 Å². The van der Waals surface area contributed by atoms with Crippen molar-refractivity contribution < 1.29 is 14.0 Å². The number of nitrogens with one attached hydrogen (secondary N) is 3. The van der Waals surface area contributed by atoms with Crippen LogP contribution < -0.4 is 16.0 Å². The molecule has 0 atom stereocenters. The molecule has 0 radical (unpaired) electrons. The van der Waals surface area contributed by atoms with Gasteiger partial charge in [-0.2, -0.15) is 4.98 Å². The maximum atomic E-state index is 11.9. The van der Waals surface area contributed by atoms with Gasteiger partial charge in [-0.3, -0.25) is 20.2 Å². The van der Waals surface area contributed by atoms with Gasteiger partial charge in [0.1, 0.15) is 5.52 Å². The van der Waals surface area contributed by atoms with E-state index >= 15 is 0 Å². The van der Waals surface area contributed by atoms with Crippen molar-refractivity contribution >= 4 is 58.0 Å². The van der Waals surface area contributed by atoms with Crippen LogP contribution in [0.5, 0.6) is 0 Å². The van der Waals surface area contributed by atoms with E-state index in [1.807, 2.05) is 30.3 Å². The standard InChI is InChI=1S/C19H16N4O3S/c1-12(24)20-14-8-9-15-16(11-14)26-18(21-15)23-19(27)22-17(25)10-7-13-5-3-2-4-6-13/h2-11H,1H3,(H,20,24)(H2,21,22,23,25,27). The number of oxazole rings is 1. The molecule has 0 saturated carbocycles. The molecule has 0 bridgehead atoms. The van der Waals surface area contributed by atoms with Gasteiger partial charge in [-0.1, -0.05) is 30.3 Å². The summed E-state index contributed by atoms with van der Waals surface area (Å²) in [5, 5.41) is 7.96. The summed E-state index contributed by atoms with van der Waals surface area (Å²) in [7, 11) is 0. The Morgan fingerprint density at radius 1 is 1.11 bits per heavy atom. The lowest BCUT2D eigenvalue weighted by molar-refractivity contribution is -0.115. The SMILES string of the molecule is CC(=O)Nc1ccc2nc(NC(=S)NC(=O)C=Cc3ccccc3)oc2c1. The molecule has 0 fully saturated rings. The second-order valence-corrected chi connectivity index (χ2v) is 5.98. The van der Waals surface area contributed by atoms with Crippen LogP contribution >= 0.6 is 12.2 Å². The molecular weight excluding hydrogens is 364 g/mol. The molecule has 0 aliphatic carbocycles. The third-order valence-electron chi connectivity index (χ3n) is 3.39. The number of carbonyl (C=O) groups is 2. The molecule has 1 aromatic heterocycles. The van der Waals surface area contributed by atoms with Crippen molar-refractivity contribution in [1.82, 2.24) is 10.3 Å². The van der Waals surface area contributed by atoms with Crippen molar-refractivity contribution in [3.05, 3.63) is 60.2 Å². The van der Waals surface area contributed by atoms with Crippen LogP contribution in [0, 0.1) is 0 Å². The Morgan fingerprint density at radius 2 is 1.89 bits per heavy atom. The molecule has 3 aromatic rings. The maximum Gasteiger partial charge on any atom is 0.302 e. The van der Waals surface area contributed by atoms with E-state index < -0.39 is 0 Å². The lowest BCUT2D eigenvalue weighted by Crippen LogP contribution is -2.32. The van der Waals surface area contributed by atoms with Gasteiger partial charge in [0.15, 0.2) is 10.7 Å². The van der Waals surface area contributed by atoms with E-state index in [1.165, 1.54) is 13.0 Å². The van der Waals surface area contributed by atoms with Gasteiger partial charge in [0, 0.05) is 24.8 Å². The number of hydrogen-bond donors (Lipinski definition) is 3.